The molecule has 2 aliphatic carbocycles. The highest BCUT2D eigenvalue weighted by Gasteiger charge is 2.38. The Labute approximate surface area is 90.1 Å². The molecule has 15 heavy (non-hydrogen) atoms. The van der Waals surface area contributed by atoms with Gasteiger partial charge in [-0.05, 0) is 24.1 Å². The molecule has 0 heterocycles. The molecular formula is C10H7ClF3N. The molecule has 5 heteroatoms. The molecule has 0 radical (unpaired) electrons. The zero-order chi connectivity index (χ0) is 11.6. The second-order valence-electron chi connectivity index (χ2n) is 3.00. The molecule has 0 aliphatic heterocycles. The summed E-state index contributed by atoms with van der Waals surface area (Å²) in [5.74, 6) is 0. The summed E-state index contributed by atoms with van der Waals surface area (Å²) in [6.07, 6.45) is -4.15. The predicted molar refractivity (Wildman–Crippen MR) is 51.4 cm³/mol. The van der Waals surface area contributed by atoms with Crippen molar-refractivity contribution in [1.82, 2.24) is 0 Å². The van der Waals surface area contributed by atoms with Crippen LogP contribution in [0, 0.1) is 11.3 Å². The molecule has 0 bridgehead atoms. The molecule has 0 saturated carbocycles. The van der Waals surface area contributed by atoms with Crippen molar-refractivity contribution in [2.75, 3.05) is 0 Å². The van der Waals surface area contributed by atoms with E-state index in [0.717, 1.165) is 11.6 Å². The molecule has 0 fully saturated rings. The third kappa shape index (κ3) is 2.63. The summed E-state index contributed by atoms with van der Waals surface area (Å²) < 4.78 is 35.5. The molecule has 0 N–H and O–H groups in total. The average Bonchev–Trinajstić information content (AvgIpc) is 2.09. The number of hydrogen-bond donors (Lipinski definition) is 0. The Kier molecular flexibility index (Phi) is 3.25. The number of fused-ring (bicyclic) bond motifs is 1. The van der Waals surface area contributed by atoms with Crippen molar-refractivity contribution < 1.29 is 13.2 Å². The number of halogens is 4. The van der Waals surface area contributed by atoms with Crippen molar-refractivity contribution in [3.63, 3.8) is 0 Å². The van der Waals surface area contributed by atoms with Crippen LogP contribution in [0.3, 0.4) is 0 Å². The molecule has 1 unspecified atom stereocenters. The van der Waals surface area contributed by atoms with E-state index in [1.807, 2.05) is 0 Å². The number of nitrogens with zero attached hydrogens (tertiary/aromatic N) is 1. The van der Waals surface area contributed by atoms with E-state index in [2.05, 4.69) is 0 Å². The molecule has 2 aliphatic rings. The highest BCUT2D eigenvalue weighted by molar-refractivity contribution is 6.21. The Morgan fingerprint density at radius 2 is 1.93 bits per heavy atom. The van der Waals surface area contributed by atoms with E-state index in [1.54, 1.807) is 19.1 Å². The largest absolute Gasteiger partial charge is 0.417 e. The van der Waals surface area contributed by atoms with Crippen LogP contribution < -0.4 is 0 Å². The van der Waals surface area contributed by atoms with Crippen molar-refractivity contribution in [1.29, 1.82) is 5.26 Å². The molecule has 0 aromatic heterocycles. The quantitative estimate of drug-likeness (QED) is 0.635. The third-order valence-electron chi connectivity index (χ3n) is 1.81. The minimum absolute atomic E-state index is 0.338. The highest BCUT2D eigenvalue weighted by Crippen LogP contribution is 2.45. The Balaban J connectivity index is 0.000000195. The summed E-state index contributed by atoms with van der Waals surface area (Å²) in [4.78, 5) is 0. The van der Waals surface area contributed by atoms with Gasteiger partial charge in [0.1, 0.15) is 5.38 Å². The molecule has 1 nitrogen and oxygen atoms in total. The fourth-order valence-corrected chi connectivity index (χ4v) is 1.02. The van der Waals surface area contributed by atoms with Gasteiger partial charge in [-0.2, -0.15) is 18.4 Å². The Morgan fingerprint density at radius 3 is 2.00 bits per heavy atom. The molecule has 1 atom stereocenters. The van der Waals surface area contributed by atoms with Gasteiger partial charge in [-0.25, -0.2) is 0 Å². The second kappa shape index (κ2) is 4.11. The summed E-state index contributed by atoms with van der Waals surface area (Å²) in [6, 6.07) is 6.11. The first-order valence-electron chi connectivity index (χ1n) is 4.11. The van der Waals surface area contributed by atoms with Crippen molar-refractivity contribution in [2.24, 2.45) is 0 Å². The van der Waals surface area contributed by atoms with Crippen molar-refractivity contribution >= 4 is 11.6 Å². The zero-order valence-electron chi connectivity index (χ0n) is 7.77. The summed E-state index contributed by atoms with van der Waals surface area (Å²) in [5.41, 5.74) is 0.616. The van der Waals surface area contributed by atoms with Crippen LogP contribution in [0.15, 0.2) is 18.2 Å². The van der Waals surface area contributed by atoms with E-state index >= 15 is 0 Å². The van der Waals surface area contributed by atoms with E-state index in [-0.39, 0.29) is 5.38 Å². The molecule has 0 saturated heterocycles. The van der Waals surface area contributed by atoms with Crippen LogP contribution in [0.4, 0.5) is 13.2 Å². The fourth-order valence-electron chi connectivity index (χ4n) is 1.02. The van der Waals surface area contributed by atoms with E-state index < -0.39 is 11.7 Å². The lowest BCUT2D eigenvalue weighted by molar-refractivity contribution is -0.137. The summed E-state index contributed by atoms with van der Waals surface area (Å²) in [5, 5.41) is 7.42. The molecule has 80 valence electrons. The minimum atomic E-state index is -4.15. The van der Waals surface area contributed by atoms with Gasteiger partial charge in [0, 0.05) is 0 Å². The van der Waals surface area contributed by atoms with Crippen molar-refractivity contribution in [3.8, 4) is 17.2 Å². The summed E-state index contributed by atoms with van der Waals surface area (Å²) >= 11 is 5.10. The first-order valence-corrected chi connectivity index (χ1v) is 4.55. The van der Waals surface area contributed by atoms with Gasteiger partial charge in [0.25, 0.3) is 0 Å². The van der Waals surface area contributed by atoms with Crippen LogP contribution >= 0.6 is 11.6 Å². The maximum atomic E-state index is 11.8. The number of rotatable bonds is 0. The smallest absolute Gasteiger partial charge is 0.197 e. The minimum Gasteiger partial charge on any atom is -0.197 e. The lowest BCUT2D eigenvalue weighted by Gasteiger charge is -2.22. The Morgan fingerprint density at radius 1 is 1.40 bits per heavy atom. The highest BCUT2D eigenvalue weighted by atomic mass is 35.5. The van der Waals surface area contributed by atoms with Gasteiger partial charge in [0.2, 0.25) is 0 Å². The topological polar surface area (TPSA) is 23.8 Å². The predicted octanol–water partition coefficient (Wildman–Crippen LogP) is 3.82. The normalized spacial score (nSPS) is 13.3. The maximum Gasteiger partial charge on any atom is 0.417 e. The van der Waals surface area contributed by atoms with Gasteiger partial charge in [-0.15, -0.1) is 11.6 Å². The SMILES string of the molecule is CC(Cl)C#N.FC(F)(F)c1cc2ccc1-2. The molecule has 0 aromatic carbocycles. The zero-order valence-corrected chi connectivity index (χ0v) is 8.52. The van der Waals surface area contributed by atoms with Crippen LogP contribution in [0.25, 0.3) is 11.1 Å². The van der Waals surface area contributed by atoms with Crippen LogP contribution in [0.1, 0.15) is 12.5 Å². The van der Waals surface area contributed by atoms with Crippen molar-refractivity contribution in [3.05, 3.63) is 23.8 Å². The van der Waals surface area contributed by atoms with Gasteiger partial charge in [0.15, 0.2) is 0 Å². The van der Waals surface area contributed by atoms with E-state index in [0.29, 0.717) is 5.56 Å². The van der Waals surface area contributed by atoms with Gasteiger partial charge in [-0.1, -0.05) is 12.1 Å². The van der Waals surface area contributed by atoms with Gasteiger partial charge >= 0.3 is 6.18 Å². The Bertz CT molecular complexity index is 404. The van der Waals surface area contributed by atoms with Gasteiger partial charge in [0.05, 0.1) is 11.6 Å². The number of hydrogen-bond acceptors (Lipinski definition) is 1. The monoisotopic (exact) mass is 233 g/mol. The van der Waals surface area contributed by atoms with Gasteiger partial charge < -0.3 is 0 Å². The number of nitriles is 1. The van der Waals surface area contributed by atoms with E-state index in [4.69, 9.17) is 16.9 Å². The first-order chi connectivity index (χ1) is 6.86. The van der Waals surface area contributed by atoms with Gasteiger partial charge in [-0.3, -0.25) is 0 Å². The van der Waals surface area contributed by atoms with Crippen LogP contribution in [-0.4, -0.2) is 5.38 Å². The molecule has 0 spiro atoms. The van der Waals surface area contributed by atoms with Crippen molar-refractivity contribution in [2.45, 2.75) is 18.5 Å². The molecular weight excluding hydrogens is 227 g/mol. The molecule has 0 amide bonds. The van der Waals surface area contributed by atoms with E-state index in [1.165, 1.54) is 6.07 Å². The Hall–Kier alpha value is -1.21. The van der Waals surface area contributed by atoms with Crippen LogP contribution in [0.2, 0.25) is 0 Å². The van der Waals surface area contributed by atoms with E-state index in [9.17, 15) is 13.2 Å². The third-order valence-corrected chi connectivity index (χ3v) is 1.91. The lowest BCUT2D eigenvalue weighted by atomic mass is 9.86. The molecule has 2 rings (SSSR count). The summed E-state index contributed by atoms with van der Waals surface area (Å²) in [6.45, 7) is 1.63. The number of benzene rings is 1. The first kappa shape index (κ1) is 11.9. The van der Waals surface area contributed by atoms with Crippen LogP contribution in [0.5, 0.6) is 0 Å². The van der Waals surface area contributed by atoms with Crippen LogP contribution in [-0.2, 0) is 6.18 Å². The number of alkyl halides is 4. The maximum absolute atomic E-state index is 11.8. The lowest BCUT2D eigenvalue weighted by Crippen LogP contribution is -2.12. The summed E-state index contributed by atoms with van der Waals surface area (Å²) in [7, 11) is 0. The fraction of sp³-hybridized carbons (Fsp3) is 0.300. The standard InChI is InChI=1S/C7H3F3.C3H4ClN/c8-7(9,10)6-3-4-1-2-5(4)6;1-3(4)2-5/h1-3H;3H,1H3. The second-order valence-corrected chi connectivity index (χ2v) is 3.66. The molecule has 0 aromatic rings. The average molecular weight is 234 g/mol.